The number of aryl methyl sites for hydroxylation is 2. The smallest absolute Gasteiger partial charge is 0.228 e. The van der Waals surface area contributed by atoms with Gasteiger partial charge in [0.2, 0.25) is 11.8 Å². The number of benzene rings is 1. The third-order valence-electron chi connectivity index (χ3n) is 4.45. The van der Waals surface area contributed by atoms with Gasteiger partial charge in [0.25, 0.3) is 0 Å². The SMILES string of the molecule is Cc1noc(C)c1CCCNC(=O)C1CC(=O)Nc2ccc(F)cc21. The van der Waals surface area contributed by atoms with Crippen LogP contribution in [0.2, 0.25) is 0 Å². The van der Waals surface area contributed by atoms with Crippen molar-refractivity contribution in [2.24, 2.45) is 0 Å². The fraction of sp³-hybridized carbons (Fsp3) is 0.389. The number of amides is 2. The minimum atomic E-state index is -0.668. The van der Waals surface area contributed by atoms with Gasteiger partial charge in [-0.25, -0.2) is 4.39 Å². The van der Waals surface area contributed by atoms with Gasteiger partial charge in [0.1, 0.15) is 11.6 Å². The first-order valence-corrected chi connectivity index (χ1v) is 8.24. The number of carbonyl (C=O) groups is 2. The van der Waals surface area contributed by atoms with Crippen LogP contribution in [-0.4, -0.2) is 23.5 Å². The standard InChI is InChI=1S/C18H20FN3O3/c1-10-13(11(2)25-22-10)4-3-7-20-18(24)15-9-17(23)21-16-6-5-12(19)8-14(15)16/h5-6,8,15H,3-4,7,9H2,1-2H3,(H,20,24)(H,21,23). The van der Waals surface area contributed by atoms with Crippen LogP contribution in [0, 0.1) is 19.7 Å². The molecule has 25 heavy (non-hydrogen) atoms. The molecule has 1 aliphatic heterocycles. The molecule has 1 aromatic carbocycles. The highest BCUT2D eigenvalue weighted by Crippen LogP contribution is 2.32. The first kappa shape index (κ1) is 17.1. The van der Waals surface area contributed by atoms with Crippen LogP contribution < -0.4 is 10.6 Å². The van der Waals surface area contributed by atoms with Crippen molar-refractivity contribution in [2.75, 3.05) is 11.9 Å². The average molecular weight is 345 g/mol. The van der Waals surface area contributed by atoms with Gasteiger partial charge in [-0.2, -0.15) is 0 Å². The van der Waals surface area contributed by atoms with E-state index in [1.54, 1.807) is 0 Å². The Balaban J connectivity index is 1.60. The molecular weight excluding hydrogens is 325 g/mol. The van der Waals surface area contributed by atoms with Crippen LogP contribution in [0.1, 0.15) is 41.3 Å². The second kappa shape index (κ2) is 7.04. The van der Waals surface area contributed by atoms with Gasteiger partial charge in [-0.05, 0) is 50.5 Å². The van der Waals surface area contributed by atoms with Crippen molar-refractivity contribution in [3.05, 3.63) is 46.6 Å². The quantitative estimate of drug-likeness (QED) is 0.816. The van der Waals surface area contributed by atoms with Gasteiger partial charge in [0, 0.05) is 24.2 Å². The van der Waals surface area contributed by atoms with E-state index in [1.807, 2.05) is 13.8 Å². The van der Waals surface area contributed by atoms with Gasteiger partial charge in [0.15, 0.2) is 0 Å². The molecule has 3 rings (SSSR count). The van der Waals surface area contributed by atoms with E-state index in [0.29, 0.717) is 17.8 Å². The molecule has 7 heteroatoms. The van der Waals surface area contributed by atoms with Gasteiger partial charge >= 0.3 is 0 Å². The third kappa shape index (κ3) is 3.70. The number of nitrogens with zero attached hydrogens (tertiary/aromatic N) is 1. The molecule has 0 spiro atoms. The molecule has 0 radical (unpaired) electrons. The molecule has 0 saturated carbocycles. The molecule has 0 bridgehead atoms. The lowest BCUT2D eigenvalue weighted by Gasteiger charge is -2.24. The predicted molar refractivity (Wildman–Crippen MR) is 89.7 cm³/mol. The number of anilines is 1. The van der Waals surface area contributed by atoms with Crippen LogP contribution in [0.25, 0.3) is 0 Å². The molecule has 1 atom stereocenters. The van der Waals surface area contributed by atoms with Crippen LogP contribution in [0.5, 0.6) is 0 Å². The van der Waals surface area contributed by atoms with E-state index < -0.39 is 11.7 Å². The Morgan fingerprint density at radius 2 is 2.24 bits per heavy atom. The number of hydrogen-bond acceptors (Lipinski definition) is 4. The van der Waals surface area contributed by atoms with Crippen LogP contribution in [0.4, 0.5) is 10.1 Å². The number of halogens is 1. The van der Waals surface area contributed by atoms with E-state index in [4.69, 9.17) is 4.52 Å². The van der Waals surface area contributed by atoms with Crippen molar-refractivity contribution in [3.63, 3.8) is 0 Å². The molecule has 0 fully saturated rings. The Morgan fingerprint density at radius 3 is 2.96 bits per heavy atom. The number of aromatic nitrogens is 1. The van der Waals surface area contributed by atoms with E-state index >= 15 is 0 Å². The zero-order valence-electron chi connectivity index (χ0n) is 14.2. The first-order chi connectivity index (χ1) is 12.0. The molecule has 2 aromatic rings. The van der Waals surface area contributed by atoms with Crippen LogP contribution in [0.15, 0.2) is 22.7 Å². The van der Waals surface area contributed by atoms with Crippen molar-refractivity contribution < 1.29 is 18.5 Å². The summed E-state index contributed by atoms with van der Waals surface area (Å²) < 4.78 is 18.6. The third-order valence-corrected chi connectivity index (χ3v) is 4.45. The van der Waals surface area contributed by atoms with E-state index in [1.165, 1.54) is 18.2 Å². The summed E-state index contributed by atoms with van der Waals surface area (Å²) in [5.41, 5.74) is 2.92. The summed E-state index contributed by atoms with van der Waals surface area (Å²) in [6.07, 6.45) is 1.49. The molecule has 1 aromatic heterocycles. The number of rotatable bonds is 5. The largest absolute Gasteiger partial charge is 0.361 e. The molecule has 6 nitrogen and oxygen atoms in total. The zero-order chi connectivity index (χ0) is 18.0. The molecule has 2 amide bonds. The Labute approximate surface area is 144 Å². The van der Waals surface area contributed by atoms with Gasteiger partial charge in [-0.3, -0.25) is 9.59 Å². The van der Waals surface area contributed by atoms with Crippen LogP contribution in [0.3, 0.4) is 0 Å². The molecule has 1 unspecified atom stereocenters. The fourth-order valence-corrected chi connectivity index (χ4v) is 3.13. The van der Waals surface area contributed by atoms with Gasteiger partial charge in [-0.15, -0.1) is 0 Å². The Morgan fingerprint density at radius 1 is 1.44 bits per heavy atom. The summed E-state index contributed by atoms with van der Waals surface area (Å²) in [4.78, 5) is 24.3. The van der Waals surface area contributed by atoms with Crippen molar-refractivity contribution in [3.8, 4) is 0 Å². The monoisotopic (exact) mass is 345 g/mol. The average Bonchev–Trinajstić information content (AvgIpc) is 2.89. The van der Waals surface area contributed by atoms with Crippen LogP contribution in [-0.2, 0) is 16.0 Å². The highest BCUT2D eigenvalue weighted by molar-refractivity contribution is 6.01. The van der Waals surface area contributed by atoms with Gasteiger partial charge in [0.05, 0.1) is 11.6 Å². The summed E-state index contributed by atoms with van der Waals surface area (Å²) in [5, 5.41) is 9.41. The van der Waals surface area contributed by atoms with Crippen molar-refractivity contribution in [1.82, 2.24) is 10.5 Å². The summed E-state index contributed by atoms with van der Waals surface area (Å²) in [6.45, 7) is 4.21. The summed E-state index contributed by atoms with van der Waals surface area (Å²) in [7, 11) is 0. The van der Waals surface area contributed by atoms with Gasteiger partial charge in [-0.1, -0.05) is 5.16 Å². The molecule has 2 heterocycles. The molecule has 0 saturated heterocycles. The normalized spacial score (nSPS) is 16.3. The fourth-order valence-electron chi connectivity index (χ4n) is 3.13. The second-order valence-electron chi connectivity index (χ2n) is 6.23. The van der Waals surface area contributed by atoms with E-state index in [-0.39, 0.29) is 18.2 Å². The van der Waals surface area contributed by atoms with E-state index in [0.717, 1.165) is 29.9 Å². The lowest BCUT2D eigenvalue weighted by Crippen LogP contribution is -2.35. The minimum absolute atomic E-state index is 0.0200. The molecule has 0 aliphatic carbocycles. The number of carbonyl (C=O) groups excluding carboxylic acids is 2. The molecule has 132 valence electrons. The minimum Gasteiger partial charge on any atom is -0.361 e. The predicted octanol–water partition coefficient (Wildman–Crippen LogP) is 2.61. The van der Waals surface area contributed by atoms with E-state index in [2.05, 4.69) is 15.8 Å². The Hall–Kier alpha value is -2.70. The number of fused-ring (bicyclic) bond motifs is 1. The van der Waals surface area contributed by atoms with Crippen LogP contribution >= 0.6 is 0 Å². The maximum absolute atomic E-state index is 13.5. The molecule has 2 N–H and O–H groups in total. The van der Waals surface area contributed by atoms with E-state index in [9.17, 15) is 14.0 Å². The maximum Gasteiger partial charge on any atom is 0.228 e. The zero-order valence-corrected chi connectivity index (χ0v) is 14.2. The Bertz CT molecular complexity index is 796. The lowest BCUT2D eigenvalue weighted by atomic mass is 9.89. The molecule has 1 aliphatic rings. The molecular formula is C18H20FN3O3. The second-order valence-corrected chi connectivity index (χ2v) is 6.23. The van der Waals surface area contributed by atoms with Crippen molar-refractivity contribution >= 4 is 17.5 Å². The summed E-state index contributed by atoms with van der Waals surface area (Å²) >= 11 is 0. The highest BCUT2D eigenvalue weighted by Gasteiger charge is 2.30. The summed E-state index contributed by atoms with van der Waals surface area (Å²) in [6, 6.07) is 4.06. The van der Waals surface area contributed by atoms with Gasteiger partial charge < -0.3 is 15.2 Å². The lowest BCUT2D eigenvalue weighted by molar-refractivity contribution is -0.126. The van der Waals surface area contributed by atoms with Crippen molar-refractivity contribution in [1.29, 1.82) is 0 Å². The first-order valence-electron chi connectivity index (χ1n) is 8.24. The summed E-state index contributed by atoms with van der Waals surface area (Å²) in [5.74, 6) is -0.808. The number of nitrogens with one attached hydrogen (secondary N) is 2. The van der Waals surface area contributed by atoms with Crippen molar-refractivity contribution in [2.45, 2.75) is 39.0 Å². The number of hydrogen-bond donors (Lipinski definition) is 2. The topological polar surface area (TPSA) is 84.2 Å². The Kier molecular flexibility index (Phi) is 4.83. The maximum atomic E-state index is 13.5. The highest BCUT2D eigenvalue weighted by atomic mass is 19.1.